The molecule has 1 aliphatic rings. The van der Waals surface area contributed by atoms with Crippen LogP contribution >= 0.6 is 0 Å². The van der Waals surface area contributed by atoms with E-state index in [1.54, 1.807) is 11.0 Å². The molecule has 0 unspecified atom stereocenters. The smallest absolute Gasteiger partial charge is 0.416 e. The second-order valence-corrected chi connectivity index (χ2v) is 12.9. The Morgan fingerprint density at radius 2 is 1.59 bits per heavy atom. The molecule has 2 amide bonds. The number of halogens is 3. The van der Waals surface area contributed by atoms with E-state index in [4.69, 9.17) is 0 Å². The van der Waals surface area contributed by atoms with Crippen molar-refractivity contribution in [1.82, 2.24) is 19.8 Å². The Labute approximate surface area is 234 Å². The van der Waals surface area contributed by atoms with Crippen molar-refractivity contribution in [3.05, 3.63) is 71.4 Å². The summed E-state index contributed by atoms with van der Waals surface area (Å²) in [5, 5.41) is 17.6. The summed E-state index contributed by atoms with van der Waals surface area (Å²) in [5.41, 5.74) is -0.821. The number of nitrogens with zero attached hydrogens (tertiary/aromatic N) is 4. The van der Waals surface area contributed by atoms with E-state index in [-0.39, 0.29) is 35.7 Å². The van der Waals surface area contributed by atoms with Crippen LogP contribution < -0.4 is 9.62 Å². The number of aromatic nitrogens is 2. The molecule has 2 N–H and O–H groups in total. The number of carbonyl (C=O) groups excluding carboxylic acids is 2. The number of phenols is 1. The van der Waals surface area contributed by atoms with Gasteiger partial charge in [0.2, 0.25) is 10.0 Å². The fourth-order valence-electron chi connectivity index (χ4n) is 4.03. The Bertz CT molecular complexity index is 1560. The molecule has 1 fully saturated rings. The highest BCUT2D eigenvalue weighted by atomic mass is 32.2. The highest BCUT2D eigenvalue weighted by Gasteiger charge is 2.34. The zero-order valence-electron chi connectivity index (χ0n) is 22.4. The number of nitrogens with one attached hydrogen (secondary N) is 1. The minimum Gasteiger partial charge on any atom is -0.508 e. The first-order valence-corrected chi connectivity index (χ1v) is 14.0. The molecule has 1 aromatic heterocycles. The Kier molecular flexibility index (Phi) is 7.98. The van der Waals surface area contributed by atoms with Gasteiger partial charge in [-0.3, -0.25) is 9.59 Å². The van der Waals surface area contributed by atoms with E-state index in [1.165, 1.54) is 62.1 Å². The number of hydrogen-bond donors (Lipinski definition) is 2. The van der Waals surface area contributed by atoms with Gasteiger partial charge in [0, 0.05) is 31.7 Å². The van der Waals surface area contributed by atoms with Gasteiger partial charge >= 0.3 is 6.18 Å². The maximum absolute atomic E-state index is 13.7. The van der Waals surface area contributed by atoms with Gasteiger partial charge in [0.1, 0.15) is 5.75 Å². The third-order valence-electron chi connectivity index (χ3n) is 6.49. The molecular formula is C27H28F3N5O5S. The minimum absolute atomic E-state index is 0.115. The molecule has 1 saturated heterocycles. The number of rotatable bonds is 5. The van der Waals surface area contributed by atoms with Crippen molar-refractivity contribution in [1.29, 1.82) is 0 Å². The van der Waals surface area contributed by atoms with Crippen LogP contribution in [0.2, 0.25) is 0 Å². The summed E-state index contributed by atoms with van der Waals surface area (Å²) in [4.78, 5) is 28.8. The number of amides is 2. The molecule has 14 heteroatoms. The molecule has 0 bridgehead atoms. The maximum Gasteiger partial charge on any atom is 0.416 e. The van der Waals surface area contributed by atoms with Crippen LogP contribution in [0, 0.1) is 0 Å². The SMILES string of the molecule is CC(C)(C)S(=O)(=O)NC(=O)c1ccc(N2CCN(C(=O)c3cc(-c4cccc(O)c4)cc(C(F)(F)F)c3)CC2)nn1. The van der Waals surface area contributed by atoms with E-state index in [2.05, 4.69) is 10.2 Å². The molecule has 10 nitrogen and oxygen atoms in total. The van der Waals surface area contributed by atoms with Crippen molar-refractivity contribution in [2.75, 3.05) is 31.1 Å². The van der Waals surface area contributed by atoms with Gasteiger partial charge in [0.05, 0.1) is 10.3 Å². The highest BCUT2D eigenvalue weighted by Crippen LogP contribution is 2.34. The van der Waals surface area contributed by atoms with Gasteiger partial charge in [-0.25, -0.2) is 13.1 Å². The molecule has 218 valence electrons. The lowest BCUT2D eigenvalue weighted by atomic mass is 9.98. The van der Waals surface area contributed by atoms with Crippen LogP contribution in [-0.2, 0) is 16.2 Å². The van der Waals surface area contributed by atoms with Crippen LogP contribution in [-0.4, -0.2) is 71.4 Å². The maximum atomic E-state index is 13.7. The number of sulfonamides is 1. The summed E-state index contributed by atoms with van der Waals surface area (Å²) >= 11 is 0. The third kappa shape index (κ3) is 6.76. The summed E-state index contributed by atoms with van der Waals surface area (Å²) < 4.78 is 66.2. The van der Waals surface area contributed by atoms with E-state index in [0.29, 0.717) is 24.5 Å². The number of carbonyl (C=O) groups is 2. The first kappa shape index (κ1) is 29.8. The van der Waals surface area contributed by atoms with Gasteiger partial charge in [-0.2, -0.15) is 13.2 Å². The Balaban J connectivity index is 1.46. The number of benzene rings is 2. The zero-order chi connectivity index (χ0) is 30.2. The number of hydrogen-bond acceptors (Lipinski definition) is 8. The number of aromatic hydroxyl groups is 1. The topological polar surface area (TPSA) is 133 Å². The Morgan fingerprint density at radius 3 is 2.15 bits per heavy atom. The second-order valence-electron chi connectivity index (χ2n) is 10.5. The molecule has 4 rings (SSSR count). The van der Waals surface area contributed by atoms with Gasteiger partial charge in [-0.1, -0.05) is 12.1 Å². The molecular weight excluding hydrogens is 563 g/mol. The van der Waals surface area contributed by atoms with Gasteiger partial charge in [0.25, 0.3) is 11.8 Å². The number of piperazine rings is 1. The molecule has 0 aliphatic carbocycles. The number of anilines is 1. The standard InChI is InChI=1S/C27H28F3N5O5S/c1-26(2,3)41(39,40)33-24(37)22-7-8-23(32-31-22)34-9-11-35(12-10-34)25(38)19-13-18(14-20(15-19)27(28,29)30)17-5-4-6-21(36)16-17/h4-8,13-16,36H,9-12H2,1-3H3,(H,33,37). The van der Waals surface area contributed by atoms with E-state index >= 15 is 0 Å². The monoisotopic (exact) mass is 591 g/mol. The average Bonchev–Trinajstić information content (AvgIpc) is 2.91. The Hall–Kier alpha value is -4.20. The molecule has 3 aromatic rings. The van der Waals surface area contributed by atoms with Gasteiger partial charge < -0.3 is 14.9 Å². The summed E-state index contributed by atoms with van der Waals surface area (Å²) in [7, 11) is -3.93. The first-order valence-electron chi connectivity index (χ1n) is 12.5. The van der Waals surface area contributed by atoms with Crippen LogP contribution in [0.25, 0.3) is 11.1 Å². The Morgan fingerprint density at radius 1 is 0.902 bits per heavy atom. The predicted molar refractivity (Wildman–Crippen MR) is 145 cm³/mol. The van der Waals surface area contributed by atoms with Crippen molar-refractivity contribution < 1.29 is 36.3 Å². The lowest BCUT2D eigenvalue weighted by molar-refractivity contribution is -0.137. The molecule has 0 spiro atoms. The minimum atomic E-state index is -4.68. The van der Waals surface area contributed by atoms with Crippen molar-refractivity contribution in [2.24, 2.45) is 0 Å². The lowest BCUT2D eigenvalue weighted by Crippen LogP contribution is -2.49. The fraction of sp³-hybridized carbons (Fsp3) is 0.333. The lowest BCUT2D eigenvalue weighted by Gasteiger charge is -2.35. The predicted octanol–water partition coefficient (Wildman–Crippen LogP) is 3.69. The molecule has 2 heterocycles. The number of alkyl halides is 3. The van der Waals surface area contributed by atoms with Crippen molar-refractivity contribution in [2.45, 2.75) is 31.7 Å². The quantitative estimate of drug-likeness (QED) is 0.459. The third-order valence-corrected chi connectivity index (χ3v) is 8.56. The van der Waals surface area contributed by atoms with Crippen LogP contribution in [0.5, 0.6) is 5.75 Å². The second kappa shape index (κ2) is 11.0. The van der Waals surface area contributed by atoms with E-state index in [9.17, 15) is 36.3 Å². The van der Waals surface area contributed by atoms with E-state index < -0.39 is 38.3 Å². The van der Waals surface area contributed by atoms with Crippen LogP contribution in [0.15, 0.2) is 54.6 Å². The van der Waals surface area contributed by atoms with Crippen LogP contribution in [0.1, 0.15) is 47.2 Å². The summed E-state index contributed by atoms with van der Waals surface area (Å²) in [6.07, 6.45) is -4.68. The van der Waals surface area contributed by atoms with Crippen molar-refractivity contribution >= 4 is 27.7 Å². The summed E-state index contributed by atoms with van der Waals surface area (Å²) in [6, 6.07) is 11.7. The average molecular weight is 592 g/mol. The number of phenolic OH excluding ortho intramolecular Hbond substituents is 1. The van der Waals surface area contributed by atoms with Crippen molar-refractivity contribution in [3.63, 3.8) is 0 Å². The van der Waals surface area contributed by atoms with Gasteiger partial charge in [-0.05, 0) is 74.4 Å². The van der Waals surface area contributed by atoms with Crippen LogP contribution in [0.3, 0.4) is 0 Å². The molecule has 2 aromatic carbocycles. The van der Waals surface area contributed by atoms with Crippen LogP contribution in [0.4, 0.5) is 19.0 Å². The molecule has 1 aliphatic heterocycles. The van der Waals surface area contributed by atoms with Gasteiger partial charge in [0.15, 0.2) is 11.5 Å². The largest absolute Gasteiger partial charge is 0.508 e. The molecule has 0 saturated carbocycles. The molecule has 41 heavy (non-hydrogen) atoms. The summed E-state index contributed by atoms with van der Waals surface area (Å²) in [6.45, 7) is 5.30. The normalized spacial score (nSPS) is 14.6. The fourth-order valence-corrected chi connectivity index (χ4v) is 4.69. The van der Waals surface area contributed by atoms with Crippen molar-refractivity contribution in [3.8, 4) is 16.9 Å². The first-order chi connectivity index (χ1) is 19.0. The van der Waals surface area contributed by atoms with E-state index in [1.807, 2.05) is 4.72 Å². The molecule has 0 radical (unpaired) electrons. The van der Waals surface area contributed by atoms with Gasteiger partial charge in [-0.15, -0.1) is 10.2 Å². The zero-order valence-corrected chi connectivity index (χ0v) is 23.3. The molecule has 0 atom stereocenters. The highest BCUT2D eigenvalue weighted by molar-refractivity contribution is 7.91. The summed E-state index contributed by atoms with van der Waals surface area (Å²) in [5.74, 6) is -1.22. The van der Waals surface area contributed by atoms with E-state index in [0.717, 1.165) is 12.1 Å².